The molecule has 9 heteroatoms. The molecular formula is C20H19F2N3O4. The summed E-state index contributed by atoms with van der Waals surface area (Å²) in [5, 5.41) is 2.73. The summed E-state index contributed by atoms with van der Waals surface area (Å²) in [6, 6.07) is 7.35. The van der Waals surface area contributed by atoms with Crippen LogP contribution in [0.15, 0.2) is 46.0 Å². The van der Waals surface area contributed by atoms with Crippen LogP contribution < -0.4 is 16.6 Å². The molecule has 0 aliphatic heterocycles. The molecule has 0 saturated heterocycles. The van der Waals surface area contributed by atoms with Crippen LogP contribution in [-0.2, 0) is 16.1 Å². The van der Waals surface area contributed by atoms with Gasteiger partial charge < -0.3 is 10.1 Å². The van der Waals surface area contributed by atoms with E-state index in [9.17, 15) is 23.2 Å². The number of aromatic nitrogens is 2. The van der Waals surface area contributed by atoms with E-state index < -0.39 is 34.5 Å². The number of amides is 1. The van der Waals surface area contributed by atoms with Crippen LogP contribution in [0.2, 0.25) is 0 Å². The van der Waals surface area contributed by atoms with E-state index in [0.717, 1.165) is 22.3 Å². The molecule has 152 valence electrons. The third kappa shape index (κ3) is 4.09. The van der Waals surface area contributed by atoms with Crippen LogP contribution >= 0.6 is 0 Å². The molecule has 0 unspecified atom stereocenters. The highest BCUT2D eigenvalue weighted by Gasteiger charge is 2.19. The molecule has 0 saturated carbocycles. The summed E-state index contributed by atoms with van der Waals surface area (Å²) in [6.45, 7) is 1.91. The predicted molar refractivity (Wildman–Crippen MR) is 103 cm³/mol. The highest BCUT2D eigenvalue weighted by atomic mass is 19.1. The largest absolute Gasteiger partial charge is 0.383 e. The summed E-state index contributed by atoms with van der Waals surface area (Å²) in [5.41, 5.74) is -1.06. The Labute approximate surface area is 164 Å². The number of ether oxygens (including phenoxy) is 1. The minimum atomic E-state index is -1.06. The van der Waals surface area contributed by atoms with Gasteiger partial charge in [-0.3, -0.25) is 14.2 Å². The molecule has 0 aliphatic carbocycles. The average Bonchev–Trinajstić information content (AvgIpc) is 2.67. The van der Waals surface area contributed by atoms with Crippen molar-refractivity contribution < 1.29 is 18.3 Å². The van der Waals surface area contributed by atoms with Crippen molar-refractivity contribution >= 4 is 16.8 Å². The van der Waals surface area contributed by atoms with E-state index in [2.05, 4.69) is 5.32 Å². The number of fused-ring (bicyclic) bond motifs is 1. The SMILES string of the molecule is COCCNC(=O)Cn1c(=O)n(-c2ccc(F)cc2F)c(=O)c2cc(C)ccc21. The van der Waals surface area contributed by atoms with Crippen LogP contribution in [-0.4, -0.2) is 35.3 Å². The van der Waals surface area contributed by atoms with Crippen molar-refractivity contribution in [2.45, 2.75) is 13.5 Å². The maximum Gasteiger partial charge on any atom is 0.336 e. The van der Waals surface area contributed by atoms with Crippen molar-refractivity contribution in [3.63, 3.8) is 0 Å². The molecule has 0 atom stereocenters. The normalized spacial score (nSPS) is 11.0. The van der Waals surface area contributed by atoms with E-state index in [4.69, 9.17) is 4.74 Å². The first kappa shape index (κ1) is 20.4. The Kier molecular flexibility index (Phi) is 5.88. The fourth-order valence-corrected chi connectivity index (χ4v) is 3.01. The molecule has 3 aromatic rings. The van der Waals surface area contributed by atoms with Crippen molar-refractivity contribution in [3.05, 3.63) is 74.4 Å². The Morgan fingerprint density at radius 1 is 1.14 bits per heavy atom. The summed E-state index contributed by atoms with van der Waals surface area (Å²) in [7, 11) is 1.49. The third-order valence-corrected chi connectivity index (χ3v) is 4.38. The zero-order valence-electron chi connectivity index (χ0n) is 15.9. The summed E-state index contributed by atoms with van der Waals surface area (Å²) in [6.07, 6.45) is 0. The van der Waals surface area contributed by atoms with Crippen LogP contribution in [0.25, 0.3) is 16.6 Å². The lowest BCUT2D eigenvalue weighted by Crippen LogP contribution is -2.42. The number of aryl methyl sites for hydroxylation is 1. The number of methoxy groups -OCH3 is 1. The fourth-order valence-electron chi connectivity index (χ4n) is 3.01. The van der Waals surface area contributed by atoms with Crippen LogP contribution in [0.1, 0.15) is 5.56 Å². The number of rotatable bonds is 6. The standard InChI is InChI=1S/C20H19F2N3O4/c1-12-3-5-16-14(9-12)19(27)25(17-6-4-13(21)10-15(17)22)20(28)24(16)11-18(26)23-7-8-29-2/h3-6,9-10H,7-8,11H2,1-2H3,(H,23,26). The molecule has 1 aromatic heterocycles. The van der Waals surface area contributed by atoms with Gasteiger partial charge in [-0.1, -0.05) is 11.6 Å². The lowest BCUT2D eigenvalue weighted by atomic mass is 10.1. The molecule has 2 aromatic carbocycles. The van der Waals surface area contributed by atoms with E-state index in [1.165, 1.54) is 7.11 Å². The predicted octanol–water partition coefficient (Wildman–Crippen LogP) is 1.50. The fraction of sp³-hybridized carbons (Fsp3) is 0.250. The Bertz CT molecular complexity index is 1200. The van der Waals surface area contributed by atoms with Gasteiger partial charge in [0.15, 0.2) is 0 Å². The van der Waals surface area contributed by atoms with Crippen molar-refractivity contribution in [1.29, 1.82) is 0 Å². The topological polar surface area (TPSA) is 82.3 Å². The van der Waals surface area contributed by atoms with Gasteiger partial charge in [-0.2, -0.15) is 0 Å². The van der Waals surface area contributed by atoms with E-state index in [0.29, 0.717) is 17.2 Å². The molecule has 0 fully saturated rings. The minimum Gasteiger partial charge on any atom is -0.383 e. The van der Waals surface area contributed by atoms with Crippen molar-refractivity contribution in [3.8, 4) is 5.69 Å². The number of hydrogen-bond donors (Lipinski definition) is 1. The lowest BCUT2D eigenvalue weighted by Gasteiger charge is -2.15. The van der Waals surface area contributed by atoms with Gasteiger partial charge in [-0.25, -0.2) is 18.1 Å². The zero-order valence-corrected chi connectivity index (χ0v) is 15.9. The maximum atomic E-state index is 14.3. The Morgan fingerprint density at radius 2 is 1.90 bits per heavy atom. The van der Waals surface area contributed by atoms with Crippen molar-refractivity contribution in [2.75, 3.05) is 20.3 Å². The number of nitrogens with zero attached hydrogens (tertiary/aromatic N) is 2. The summed E-state index contributed by atoms with van der Waals surface area (Å²) in [4.78, 5) is 38.3. The van der Waals surface area contributed by atoms with Gasteiger partial charge in [-0.05, 0) is 31.2 Å². The molecule has 29 heavy (non-hydrogen) atoms. The lowest BCUT2D eigenvalue weighted by molar-refractivity contribution is -0.121. The summed E-state index contributed by atoms with van der Waals surface area (Å²) >= 11 is 0. The summed E-state index contributed by atoms with van der Waals surface area (Å²) < 4.78 is 34.2. The number of carbonyl (C=O) groups excluding carboxylic acids is 1. The second kappa shape index (κ2) is 8.36. The van der Waals surface area contributed by atoms with E-state index in [1.807, 2.05) is 0 Å². The van der Waals surface area contributed by atoms with Gasteiger partial charge in [0.1, 0.15) is 18.2 Å². The highest BCUT2D eigenvalue weighted by Crippen LogP contribution is 2.15. The molecule has 3 rings (SSSR count). The van der Waals surface area contributed by atoms with E-state index >= 15 is 0 Å². The third-order valence-electron chi connectivity index (χ3n) is 4.38. The Morgan fingerprint density at radius 3 is 2.59 bits per heavy atom. The number of halogens is 2. The van der Waals surface area contributed by atoms with Crippen molar-refractivity contribution in [2.24, 2.45) is 0 Å². The smallest absolute Gasteiger partial charge is 0.336 e. The molecule has 0 bridgehead atoms. The van der Waals surface area contributed by atoms with Gasteiger partial charge in [-0.15, -0.1) is 0 Å². The van der Waals surface area contributed by atoms with Crippen molar-refractivity contribution in [1.82, 2.24) is 14.5 Å². The van der Waals surface area contributed by atoms with Gasteiger partial charge >= 0.3 is 5.69 Å². The minimum absolute atomic E-state index is 0.137. The molecular weight excluding hydrogens is 384 g/mol. The Hall–Kier alpha value is -3.33. The number of carbonyl (C=O) groups is 1. The number of hydrogen-bond acceptors (Lipinski definition) is 4. The van der Waals surface area contributed by atoms with Crippen LogP contribution in [0.4, 0.5) is 8.78 Å². The van der Waals surface area contributed by atoms with Gasteiger partial charge in [0.25, 0.3) is 5.56 Å². The van der Waals surface area contributed by atoms with E-state index in [1.54, 1.807) is 25.1 Å². The van der Waals surface area contributed by atoms with Crippen LogP contribution in [0.5, 0.6) is 0 Å². The second-order valence-electron chi connectivity index (χ2n) is 6.47. The van der Waals surface area contributed by atoms with Crippen LogP contribution in [0, 0.1) is 18.6 Å². The first-order valence-electron chi connectivity index (χ1n) is 8.80. The second-order valence-corrected chi connectivity index (χ2v) is 6.47. The molecule has 0 spiro atoms. The van der Waals surface area contributed by atoms with Gasteiger partial charge in [0.2, 0.25) is 5.91 Å². The number of nitrogens with one attached hydrogen (secondary N) is 1. The monoisotopic (exact) mass is 403 g/mol. The molecule has 0 aliphatic rings. The summed E-state index contributed by atoms with van der Waals surface area (Å²) in [5.74, 6) is -2.38. The zero-order chi connectivity index (χ0) is 21.1. The van der Waals surface area contributed by atoms with Gasteiger partial charge in [0.05, 0.1) is 23.2 Å². The average molecular weight is 403 g/mol. The maximum absolute atomic E-state index is 14.3. The first-order valence-corrected chi connectivity index (χ1v) is 8.80. The first-order chi connectivity index (χ1) is 13.8. The molecule has 7 nitrogen and oxygen atoms in total. The van der Waals surface area contributed by atoms with Crippen LogP contribution in [0.3, 0.4) is 0 Å². The molecule has 1 N–H and O–H groups in total. The van der Waals surface area contributed by atoms with Gasteiger partial charge in [0, 0.05) is 19.7 Å². The highest BCUT2D eigenvalue weighted by molar-refractivity contribution is 5.82. The molecule has 1 heterocycles. The number of benzene rings is 2. The Balaban J connectivity index is 2.23. The quantitative estimate of drug-likeness (QED) is 0.633. The molecule has 0 radical (unpaired) electrons. The molecule has 1 amide bonds. The van der Waals surface area contributed by atoms with E-state index in [-0.39, 0.29) is 24.0 Å².